The number of carboxylic acid groups (broad SMARTS) is 1. The molecule has 1 aromatic carbocycles. The van der Waals surface area contributed by atoms with Crippen LogP contribution in [0, 0.1) is 0 Å². The summed E-state index contributed by atoms with van der Waals surface area (Å²) in [7, 11) is 0. The van der Waals surface area contributed by atoms with Gasteiger partial charge in [0, 0.05) is 29.6 Å². The summed E-state index contributed by atoms with van der Waals surface area (Å²) in [6, 6.07) is 5.40. The van der Waals surface area contributed by atoms with E-state index in [2.05, 4.69) is 10.3 Å². The van der Waals surface area contributed by atoms with Gasteiger partial charge in [-0.3, -0.25) is 10.1 Å². The summed E-state index contributed by atoms with van der Waals surface area (Å²) >= 11 is 0. The van der Waals surface area contributed by atoms with E-state index in [0.717, 1.165) is 27.9 Å². The number of benzene rings is 1. The molecule has 0 amide bonds. The average molecular weight is 274 g/mol. The molecule has 0 fully saturated rings. The van der Waals surface area contributed by atoms with Gasteiger partial charge in [0.05, 0.1) is 6.10 Å². The molecule has 0 bridgehead atoms. The third kappa shape index (κ3) is 2.25. The Kier molecular flexibility index (Phi) is 3.14. The predicted octanol–water partition coefficient (Wildman–Crippen LogP) is 2.05. The Hall–Kier alpha value is -2.01. The van der Waals surface area contributed by atoms with Crippen LogP contribution in [-0.4, -0.2) is 28.2 Å². The van der Waals surface area contributed by atoms with E-state index in [1.807, 2.05) is 32.0 Å². The van der Waals surface area contributed by atoms with Crippen LogP contribution >= 0.6 is 0 Å². The summed E-state index contributed by atoms with van der Waals surface area (Å²) in [6.07, 6.45) is 0.617. The molecule has 106 valence electrons. The molecule has 3 rings (SSSR count). The Morgan fingerprint density at radius 3 is 2.95 bits per heavy atom. The van der Waals surface area contributed by atoms with Crippen molar-refractivity contribution < 1.29 is 14.6 Å². The minimum atomic E-state index is -0.806. The van der Waals surface area contributed by atoms with Crippen molar-refractivity contribution in [1.29, 1.82) is 0 Å². The van der Waals surface area contributed by atoms with Gasteiger partial charge >= 0.3 is 5.97 Å². The summed E-state index contributed by atoms with van der Waals surface area (Å²) in [4.78, 5) is 14.5. The molecule has 0 radical (unpaired) electrons. The highest BCUT2D eigenvalue weighted by Gasteiger charge is 2.26. The number of aliphatic carboxylic acids is 1. The molecule has 20 heavy (non-hydrogen) atoms. The van der Waals surface area contributed by atoms with Crippen LogP contribution in [0.3, 0.4) is 0 Å². The zero-order valence-electron chi connectivity index (χ0n) is 11.6. The van der Waals surface area contributed by atoms with Crippen molar-refractivity contribution in [3.05, 3.63) is 29.5 Å². The van der Waals surface area contributed by atoms with Gasteiger partial charge in [0.15, 0.2) is 0 Å². The zero-order chi connectivity index (χ0) is 14.3. The van der Waals surface area contributed by atoms with E-state index in [4.69, 9.17) is 9.84 Å². The van der Waals surface area contributed by atoms with Crippen LogP contribution in [0.15, 0.2) is 18.2 Å². The van der Waals surface area contributed by atoms with Crippen LogP contribution in [0.2, 0.25) is 0 Å². The minimum absolute atomic E-state index is 0.121. The second-order valence-electron chi connectivity index (χ2n) is 5.43. The lowest BCUT2D eigenvalue weighted by molar-refractivity contribution is -0.139. The predicted molar refractivity (Wildman–Crippen MR) is 76.0 cm³/mol. The molecular formula is C15H18N2O3. The molecule has 0 aliphatic carbocycles. The molecule has 1 unspecified atom stereocenters. The number of aromatic amines is 1. The molecule has 2 heterocycles. The number of hydrogen-bond donors (Lipinski definition) is 3. The number of rotatable bonds is 3. The quantitative estimate of drug-likeness (QED) is 0.801. The fraction of sp³-hybridized carbons (Fsp3) is 0.400. The van der Waals surface area contributed by atoms with E-state index in [1.165, 1.54) is 0 Å². The number of aromatic nitrogens is 1. The first-order valence-corrected chi connectivity index (χ1v) is 6.81. The van der Waals surface area contributed by atoms with Crippen LogP contribution in [0.25, 0.3) is 10.9 Å². The van der Waals surface area contributed by atoms with Gasteiger partial charge in [-0.2, -0.15) is 0 Å². The topological polar surface area (TPSA) is 74.4 Å². The van der Waals surface area contributed by atoms with Gasteiger partial charge in [-0.15, -0.1) is 0 Å². The molecule has 1 atom stereocenters. The fourth-order valence-electron chi connectivity index (χ4n) is 2.69. The van der Waals surface area contributed by atoms with E-state index in [1.54, 1.807) is 0 Å². The second kappa shape index (κ2) is 4.83. The van der Waals surface area contributed by atoms with E-state index >= 15 is 0 Å². The van der Waals surface area contributed by atoms with Crippen LogP contribution < -0.4 is 10.1 Å². The Bertz CT molecular complexity index is 660. The Balaban J connectivity index is 2.02. The summed E-state index contributed by atoms with van der Waals surface area (Å²) in [6.45, 7) is 4.53. The first kappa shape index (κ1) is 13.0. The number of carbonyl (C=O) groups is 1. The number of H-pyrrole nitrogens is 1. The third-order valence-corrected chi connectivity index (χ3v) is 3.57. The molecule has 3 N–H and O–H groups in total. The molecule has 1 aromatic heterocycles. The highest BCUT2D eigenvalue weighted by atomic mass is 16.5. The molecule has 0 spiro atoms. The molecule has 1 aliphatic heterocycles. The number of nitrogens with one attached hydrogen (secondary N) is 2. The van der Waals surface area contributed by atoms with Gasteiger partial charge in [-0.25, -0.2) is 0 Å². The van der Waals surface area contributed by atoms with Gasteiger partial charge in [-0.05, 0) is 37.6 Å². The Labute approximate surface area is 116 Å². The molecular weight excluding hydrogens is 256 g/mol. The molecule has 5 nitrogen and oxygen atoms in total. The number of hydrogen-bond acceptors (Lipinski definition) is 3. The normalized spacial score (nSPS) is 18.2. The fourth-order valence-corrected chi connectivity index (χ4v) is 2.69. The monoisotopic (exact) mass is 274 g/mol. The lowest BCUT2D eigenvalue weighted by Gasteiger charge is -2.20. The van der Waals surface area contributed by atoms with Crippen molar-refractivity contribution in [3.63, 3.8) is 0 Å². The number of carboxylic acids is 1. The van der Waals surface area contributed by atoms with E-state index in [0.29, 0.717) is 13.0 Å². The highest BCUT2D eigenvalue weighted by Crippen LogP contribution is 2.30. The van der Waals surface area contributed by atoms with Crippen LogP contribution in [-0.2, 0) is 17.8 Å². The maximum Gasteiger partial charge on any atom is 0.321 e. The molecule has 0 saturated heterocycles. The summed E-state index contributed by atoms with van der Waals surface area (Å²) in [5.74, 6) is 0.0132. The first-order chi connectivity index (χ1) is 9.54. The maximum absolute atomic E-state index is 11.1. The standard InChI is InChI=1S/C15H18N2O3/c1-8(2)20-9-3-4-12-10(5-9)11-6-13(15(18)19)16-7-14(11)17-12/h3-5,8,13,16-17H,6-7H2,1-2H3,(H,18,19). The Morgan fingerprint density at radius 1 is 1.45 bits per heavy atom. The van der Waals surface area contributed by atoms with Crippen molar-refractivity contribution in [2.75, 3.05) is 0 Å². The van der Waals surface area contributed by atoms with E-state index < -0.39 is 12.0 Å². The molecule has 5 heteroatoms. The second-order valence-corrected chi connectivity index (χ2v) is 5.43. The van der Waals surface area contributed by atoms with Crippen LogP contribution in [0.5, 0.6) is 5.75 Å². The number of fused-ring (bicyclic) bond motifs is 3. The highest BCUT2D eigenvalue weighted by molar-refractivity contribution is 5.87. The van der Waals surface area contributed by atoms with Crippen molar-refractivity contribution >= 4 is 16.9 Å². The average Bonchev–Trinajstić information content (AvgIpc) is 2.75. The maximum atomic E-state index is 11.1. The van der Waals surface area contributed by atoms with Crippen molar-refractivity contribution in [1.82, 2.24) is 10.3 Å². The van der Waals surface area contributed by atoms with Gasteiger partial charge in [0.1, 0.15) is 11.8 Å². The SMILES string of the molecule is CC(C)Oc1ccc2[nH]c3c(c2c1)CC(C(=O)O)NC3. The van der Waals surface area contributed by atoms with Crippen molar-refractivity contribution in [3.8, 4) is 5.75 Å². The van der Waals surface area contributed by atoms with Gasteiger partial charge in [0.25, 0.3) is 0 Å². The van der Waals surface area contributed by atoms with Crippen molar-refractivity contribution in [2.24, 2.45) is 0 Å². The first-order valence-electron chi connectivity index (χ1n) is 6.81. The zero-order valence-corrected chi connectivity index (χ0v) is 11.6. The van der Waals surface area contributed by atoms with Crippen LogP contribution in [0.1, 0.15) is 25.1 Å². The largest absolute Gasteiger partial charge is 0.491 e. The lowest BCUT2D eigenvalue weighted by atomic mass is 9.98. The van der Waals surface area contributed by atoms with Crippen molar-refractivity contribution in [2.45, 2.75) is 39.0 Å². The lowest BCUT2D eigenvalue weighted by Crippen LogP contribution is -2.41. The van der Waals surface area contributed by atoms with E-state index in [-0.39, 0.29) is 6.10 Å². The van der Waals surface area contributed by atoms with E-state index in [9.17, 15) is 4.79 Å². The minimum Gasteiger partial charge on any atom is -0.491 e. The molecule has 1 aliphatic rings. The van der Waals surface area contributed by atoms with Gasteiger partial charge < -0.3 is 14.8 Å². The van der Waals surface area contributed by atoms with Crippen LogP contribution in [0.4, 0.5) is 0 Å². The third-order valence-electron chi connectivity index (χ3n) is 3.57. The Morgan fingerprint density at radius 2 is 2.25 bits per heavy atom. The smallest absolute Gasteiger partial charge is 0.321 e. The summed E-state index contributed by atoms with van der Waals surface area (Å²) in [5, 5.41) is 13.2. The van der Waals surface area contributed by atoms with Gasteiger partial charge in [0.2, 0.25) is 0 Å². The molecule has 0 saturated carbocycles. The summed E-state index contributed by atoms with van der Waals surface area (Å²) in [5.41, 5.74) is 3.18. The number of ether oxygens (including phenoxy) is 1. The molecule has 2 aromatic rings. The summed E-state index contributed by atoms with van der Waals surface area (Å²) < 4.78 is 5.71. The van der Waals surface area contributed by atoms with Gasteiger partial charge in [-0.1, -0.05) is 0 Å².